The van der Waals surface area contributed by atoms with E-state index >= 15 is 0 Å². The van der Waals surface area contributed by atoms with E-state index in [-0.39, 0.29) is 5.73 Å². The van der Waals surface area contributed by atoms with Crippen LogP contribution in [0.3, 0.4) is 0 Å². The summed E-state index contributed by atoms with van der Waals surface area (Å²) in [4.78, 5) is 0. The highest BCUT2D eigenvalue weighted by molar-refractivity contribution is 6.62. The van der Waals surface area contributed by atoms with Crippen molar-refractivity contribution in [2.75, 3.05) is 33.0 Å². The van der Waals surface area contributed by atoms with Crippen LogP contribution < -0.4 is 4.74 Å². The van der Waals surface area contributed by atoms with Gasteiger partial charge in [-0.25, -0.2) is 0 Å². The molecule has 0 heterocycles. The molecule has 1 unspecified atom stereocenters. The normalized spacial score (nSPS) is 13.1. The molecule has 0 saturated carbocycles. The van der Waals surface area contributed by atoms with Crippen molar-refractivity contribution in [3.63, 3.8) is 0 Å². The van der Waals surface area contributed by atoms with E-state index in [0.29, 0.717) is 33.0 Å². The van der Waals surface area contributed by atoms with E-state index in [1.54, 1.807) is 0 Å². The minimum absolute atomic E-state index is 0.344. The molecule has 0 saturated heterocycles. The van der Waals surface area contributed by atoms with Crippen molar-refractivity contribution in [1.82, 2.24) is 0 Å². The number of benzene rings is 1. The van der Waals surface area contributed by atoms with E-state index in [0.717, 1.165) is 11.3 Å². The van der Waals surface area contributed by atoms with E-state index in [9.17, 15) is 0 Å². The smallest absolute Gasteiger partial charge is 0.494 e. The summed E-state index contributed by atoms with van der Waals surface area (Å²) >= 11 is 0. The van der Waals surface area contributed by atoms with Crippen molar-refractivity contribution >= 4 is 8.80 Å². The molecule has 1 aromatic carbocycles. The molecule has 1 atom stereocenters. The highest BCUT2D eigenvalue weighted by Gasteiger charge is 2.51. The lowest BCUT2D eigenvalue weighted by molar-refractivity contribution is -0.00761. The van der Waals surface area contributed by atoms with E-state index in [2.05, 4.69) is 0 Å². The zero-order valence-corrected chi connectivity index (χ0v) is 16.0. The summed E-state index contributed by atoms with van der Waals surface area (Å²) in [6, 6.07) is 7.86. The highest BCUT2D eigenvalue weighted by Crippen LogP contribution is 2.32. The van der Waals surface area contributed by atoms with Crippen LogP contribution >= 0.6 is 0 Å². The number of hydrogen-bond donors (Lipinski definition) is 0. The average molecular weight is 343 g/mol. The van der Waals surface area contributed by atoms with E-state index in [4.69, 9.17) is 22.8 Å². The molecule has 0 aliphatic heterocycles. The average Bonchev–Trinajstić information content (AvgIpc) is 2.54. The molecule has 0 aliphatic carbocycles. The topological polar surface area (TPSA) is 46.2 Å². The molecule has 0 aromatic heterocycles. The van der Waals surface area contributed by atoms with Gasteiger partial charge in [-0.15, -0.1) is 0 Å². The van der Waals surface area contributed by atoms with Crippen LogP contribution in [0.15, 0.2) is 24.3 Å². The Balaban J connectivity index is 3.16. The molecule has 0 bridgehead atoms. The Kier molecular flexibility index (Phi) is 9.43. The van der Waals surface area contributed by atoms with Crippen LogP contribution in [0.2, 0.25) is 0 Å². The van der Waals surface area contributed by atoms with Gasteiger partial charge in [0.25, 0.3) is 0 Å². The molecule has 1 rings (SSSR count). The summed E-state index contributed by atoms with van der Waals surface area (Å²) < 4.78 is 29.5. The lowest BCUT2D eigenvalue weighted by Crippen LogP contribution is -2.53. The second kappa shape index (κ2) is 10.8. The van der Waals surface area contributed by atoms with E-state index < -0.39 is 8.80 Å². The quantitative estimate of drug-likeness (QED) is 0.541. The zero-order chi connectivity index (χ0) is 17.1. The van der Waals surface area contributed by atoms with Crippen molar-refractivity contribution in [1.29, 1.82) is 0 Å². The van der Waals surface area contributed by atoms with Crippen LogP contribution in [0.4, 0.5) is 0 Å². The predicted octanol–water partition coefficient (Wildman–Crippen LogP) is 3.75. The lowest BCUT2D eigenvalue weighted by Gasteiger charge is -2.35. The molecule has 0 N–H and O–H groups in total. The van der Waals surface area contributed by atoms with Gasteiger partial charge in [0.15, 0.2) is 5.73 Å². The van der Waals surface area contributed by atoms with Gasteiger partial charge in [0.05, 0.1) is 6.61 Å². The fourth-order valence-corrected chi connectivity index (χ4v) is 5.31. The summed E-state index contributed by atoms with van der Waals surface area (Å²) in [5.74, 6) is 0.836. The minimum atomic E-state index is -2.99. The Morgan fingerprint density at radius 3 is 1.65 bits per heavy atom. The fraction of sp³-hybridized carbons (Fsp3) is 0.647. The SMILES string of the molecule is CCOc1ccc(C(OCC)[Si](OCC)(OCC)OCC)cc1. The Morgan fingerprint density at radius 2 is 1.26 bits per heavy atom. The molecule has 0 spiro atoms. The Labute approximate surface area is 141 Å². The summed E-state index contributed by atoms with van der Waals surface area (Å²) in [6.07, 6.45) is 0. The van der Waals surface area contributed by atoms with Crippen molar-refractivity contribution < 1.29 is 22.8 Å². The second-order valence-corrected chi connectivity index (χ2v) is 7.34. The number of ether oxygens (including phenoxy) is 2. The summed E-state index contributed by atoms with van der Waals surface area (Å²) in [5.41, 5.74) is 0.639. The molecular weight excluding hydrogens is 312 g/mol. The molecular formula is C17H30O5Si. The first-order valence-electron chi connectivity index (χ1n) is 8.43. The van der Waals surface area contributed by atoms with Crippen LogP contribution in [0.1, 0.15) is 45.9 Å². The number of rotatable bonds is 12. The van der Waals surface area contributed by atoms with Crippen molar-refractivity contribution in [2.24, 2.45) is 0 Å². The van der Waals surface area contributed by atoms with Gasteiger partial charge >= 0.3 is 8.80 Å². The maximum absolute atomic E-state index is 6.00. The highest BCUT2D eigenvalue weighted by atomic mass is 28.4. The summed E-state index contributed by atoms with van der Waals surface area (Å²) in [6.45, 7) is 12.5. The molecule has 5 nitrogen and oxygen atoms in total. The van der Waals surface area contributed by atoms with Crippen molar-refractivity contribution in [3.8, 4) is 5.75 Å². The molecule has 132 valence electrons. The molecule has 0 radical (unpaired) electrons. The predicted molar refractivity (Wildman–Crippen MR) is 92.6 cm³/mol. The van der Waals surface area contributed by atoms with Gasteiger partial charge in [0, 0.05) is 26.4 Å². The van der Waals surface area contributed by atoms with Gasteiger partial charge in [0.2, 0.25) is 0 Å². The first kappa shape index (κ1) is 20.1. The first-order valence-corrected chi connectivity index (χ1v) is 10.2. The molecule has 0 amide bonds. The maximum Gasteiger partial charge on any atom is 0.536 e. The van der Waals surface area contributed by atoms with Crippen LogP contribution in [0.5, 0.6) is 5.75 Å². The first-order chi connectivity index (χ1) is 11.2. The Bertz CT molecular complexity index is 406. The fourth-order valence-electron chi connectivity index (χ4n) is 2.43. The van der Waals surface area contributed by atoms with Crippen molar-refractivity contribution in [2.45, 2.75) is 40.3 Å². The third-order valence-corrected chi connectivity index (χ3v) is 6.40. The van der Waals surface area contributed by atoms with Crippen LogP contribution in [0.25, 0.3) is 0 Å². The van der Waals surface area contributed by atoms with Gasteiger partial charge in [0.1, 0.15) is 5.75 Å². The standard InChI is InChI=1S/C17H30O5Si/c1-6-18-16-13-11-15(12-14-16)17(19-7-2)23(20-8-3,21-9-4)22-10-5/h11-14,17H,6-10H2,1-5H3. The van der Waals surface area contributed by atoms with E-state index in [1.807, 2.05) is 58.9 Å². The van der Waals surface area contributed by atoms with Crippen LogP contribution in [-0.4, -0.2) is 41.8 Å². The maximum atomic E-state index is 6.00. The third kappa shape index (κ3) is 5.58. The second-order valence-electron chi connectivity index (χ2n) is 4.74. The minimum Gasteiger partial charge on any atom is -0.494 e. The Morgan fingerprint density at radius 1 is 0.739 bits per heavy atom. The van der Waals surface area contributed by atoms with Crippen LogP contribution in [-0.2, 0) is 18.0 Å². The monoisotopic (exact) mass is 342 g/mol. The molecule has 0 aliphatic rings. The van der Waals surface area contributed by atoms with Gasteiger partial charge in [-0.1, -0.05) is 12.1 Å². The van der Waals surface area contributed by atoms with Gasteiger partial charge in [-0.05, 0) is 52.3 Å². The van der Waals surface area contributed by atoms with Gasteiger partial charge in [-0.2, -0.15) is 0 Å². The third-order valence-electron chi connectivity index (χ3n) is 3.18. The van der Waals surface area contributed by atoms with Gasteiger partial charge < -0.3 is 22.8 Å². The molecule has 6 heteroatoms. The molecule has 1 aromatic rings. The van der Waals surface area contributed by atoms with E-state index in [1.165, 1.54) is 0 Å². The van der Waals surface area contributed by atoms with Crippen molar-refractivity contribution in [3.05, 3.63) is 29.8 Å². The molecule has 0 fully saturated rings. The Hall–Kier alpha value is -0.923. The summed E-state index contributed by atoms with van der Waals surface area (Å²) in [5, 5.41) is 0. The zero-order valence-electron chi connectivity index (χ0n) is 15.0. The summed E-state index contributed by atoms with van der Waals surface area (Å²) in [7, 11) is -2.99. The lowest BCUT2D eigenvalue weighted by atomic mass is 10.2. The largest absolute Gasteiger partial charge is 0.536 e. The van der Waals surface area contributed by atoms with Crippen LogP contribution in [0, 0.1) is 0 Å². The van der Waals surface area contributed by atoms with Gasteiger partial charge in [-0.3, -0.25) is 0 Å². The molecule has 23 heavy (non-hydrogen) atoms. The number of hydrogen-bond acceptors (Lipinski definition) is 5.